The summed E-state index contributed by atoms with van der Waals surface area (Å²) >= 11 is 1.26. The molecule has 0 unspecified atom stereocenters. The molecule has 6 nitrogen and oxygen atoms in total. The third-order valence-electron chi connectivity index (χ3n) is 5.71. The van der Waals surface area contributed by atoms with Gasteiger partial charge >= 0.3 is 5.91 Å². The molecule has 1 fully saturated rings. The number of thiazole rings is 1. The summed E-state index contributed by atoms with van der Waals surface area (Å²) in [6.45, 7) is 1.95. The van der Waals surface area contributed by atoms with Crippen molar-refractivity contribution in [3.05, 3.63) is 94.8 Å². The fourth-order valence-electron chi connectivity index (χ4n) is 4.05. The number of ketones is 1. The number of benzene rings is 3. The first-order valence-electron chi connectivity index (χ1n) is 10.5. The molecule has 5 rings (SSSR count). The Bertz CT molecular complexity index is 1480. The molecule has 1 aliphatic rings. The van der Waals surface area contributed by atoms with Crippen molar-refractivity contribution in [3.8, 4) is 5.75 Å². The van der Waals surface area contributed by atoms with Crippen LogP contribution in [0.2, 0.25) is 0 Å². The Labute approximate surface area is 198 Å². The minimum atomic E-state index is -1.04. The predicted molar refractivity (Wildman–Crippen MR) is 129 cm³/mol. The molecule has 3 aromatic carbocycles. The largest absolute Gasteiger partial charge is 0.507 e. The molecule has 4 aromatic rings. The number of carbonyl (C=O) groups is 2. The zero-order valence-corrected chi connectivity index (χ0v) is 19.1. The summed E-state index contributed by atoms with van der Waals surface area (Å²) in [5.74, 6) is -2.00. The molecule has 1 atom stereocenters. The molecule has 0 radical (unpaired) electrons. The third-order valence-corrected chi connectivity index (χ3v) is 6.73. The second kappa shape index (κ2) is 8.39. The highest BCUT2D eigenvalue weighted by Gasteiger charge is 2.48. The van der Waals surface area contributed by atoms with E-state index in [0.717, 1.165) is 10.3 Å². The number of carbonyl (C=O) groups excluding carboxylic acids is 2. The van der Waals surface area contributed by atoms with Gasteiger partial charge in [-0.15, -0.1) is 0 Å². The van der Waals surface area contributed by atoms with Crippen molar-refractivity contribution in [2.75, 3.05) is 12.0 Å². The van der Waals surface area contributed by atoms with E-state index in [2.05, 4.69) is 4.98 Å². The van der Waals surface area contributed by atoms with E-state index in [0.29, 0.717) is 27.5 Å². The van der Waals surface area contributed by atoms with Crippen molar-refractivity contribution in [3.63, 3.8) is 0 Å². The lowest BCUT2D eigenvalue weighted by molar-refractivity contribution is -0.132. The van der Waals surface area contributed by atoms with E-state index in [1.54, 1.807) is 30.3 Å². The molecular formula is C26H19FN2O4S. The van der Waals surface area contributed by atoms with Gasteiger partial charge in [0, 0.05) is 5.56 Å². The molecule has 170 valence electrons. The zero-order chi connectivity index (χ0) is 24.0. The van der Waals surface area contributed by atoms with Crippen LogP contribution in [0.1, 0.15) is 22.7 Å². The number of hydrogen-bond acceptors (Lipinski definition) is 6. The van der Waals surface area contributed by atoms with E-state index in [9.17, 15) is 19.1 Å². The van der Waals surface area contributed by atoms with Crippen molar-refractivity contribution in [2.45, 2.75) is 13.0 Å². The molecule has 2 heterocycles. The van der Waals surface area contributed by atoms with Gasteiger partial charge in [-0.3, -0.25) is 14.5 Å². The number of amides is 1. The Morgan fingerprint density at radius 2 is 1.85 bits per heavy atom. The number of aliphatic hydroxyl groups excluding tert-OH is 1. The van der Waals surface area contributed by atoms with Crippen LogP contribution < -0.4 is 9.64 Å². The summed E-state index contributed by atoms with van der Waals surface area (Å²) in [6.07, 6.45) is 0. The van der Waals surface area contributed by atoms with Crippen LogP contribution in [0.4, 0.5) is 9.52 Å². The van der Waals surface area contributed by atoms with Gasteiger partial charge in [0.25, 0.3) is 5.78 Å². The maximum absolute atomic E-state index is 14.2. The van der Waals surface area contributed by atoms with E-state index in [-0.39, 0.29) is 11.3 Å². The number of methoxy groups -OCH3 is 1. The SMILES string of the molecule is COc1ccc(/C(O)=C2\C(=O)C(=O)N(c3nc4ccc(C)cc4s3)[C@@H]2c2cccc(F)c2)cc1. The number of aliphatic hydroxyl groups is 1. The van der Waals surface area contributed by atoms with Crippen molar-refractivity contribution < 1.29 is 23.8 Å². The Kier molecular flexibility index (Phi) is 5.37. The zero-order valence-electron chi connectivity index (χ0n) is 18.3. The number of ether oxygens (including phenoxy) is 1. The van der Waals surface area contributed by atoms with E-state index in [4.69, 9.17) is 4.74 Å². The average molecular weight is 475 g/mol. The van der Waals surface area contributed by atoms with Gasteiger partial charge in [0.1, 0.15) is 17.3 Å². The number of rotatable bonds is 4. The molecule has 1 amide bonds. The molecule has 34 heavy (non-hydrogen) atoms. The molecule has 0 bridgehead atoms. The highest BCUT2D eigenvalue weighted by Crippen LogP contribution is 2.44. The number of Topliss-reactive ketones (excluding diaryl/α,β-unsaturated/α-hetero) is 1. The van der Waals surface area contributed by atoms with Gasteiger partial charge < -0.3 is 9.84 Å². The summed E-state index contributed by atoms with van der Waals surface area (Å²) in [7, 11) is 1.52. The molecule has 0 aliphatic carbocycles. The van der Waals surface area contributed by atoms with Crippen LogP contribution >= 0.6 is 11.3 Å². The summed E-state index contributed by atoms with van der Waals surface area (Å²) in [4.78, 5) is 32.3. The van der Waals surface area contributed by atoms with Crippen molar-refractivity contribution in [1.82, 2.24) is 4.98 Å². The summed E-state index contributed by atoms with van der Waals surface area (Å²) in [6, 6.07) is 16.8. The van der Waals surface area contributed by atoms with Crippen LogP contribution in [0.15, 0.2) is 72.3 Å². The van der Waals surface area contributed by atoms with E-state index in [1.807, 2.05) is 25.1 Å². The monoisotopic (exact) mass is 474 g/mol. The topological polar surface area (TPSA) is 79.7 Å². The van der Waals surface area contributed by atoms with E-state index >= 15 is 0 Å². The first-order chi connectivity index (χ1) is 16.4. The normalized spacial score (nSPS) is 17.5. The Morgan fingerprint density at radius 3 is 2.56 bits per heavy atom. The number of anilines is 1. The maximum Gasteiger partial charge on any atom is 0.301 e. The average Bonchev–Trinajstić information content (AvgIpc) is 3.36. The second-order valence-electron chi connectivity index (χ2n) is 7.92. The lowest BCUT2D eigenvalue weighted by atomic mass is 9.95. The predicted octanol–water partition coefficient (Wildman–Crippen LogP) is 5.38. The minimum absolute atomic E-state index is 0.129. The Balaban J connectivity index is 1.72. The number of hydrogen-bond donors (Lipinski definition) is 1. The quantitative estimate of drug-likeness (QED) is 0.244. The van der Waals surface area contributed by atoms with Crippen LogP contribution in [0, 0.1) is 12.7 Å². The molecule has 1 aliphatic heterocycles. The van der Waals surface area contributed by atoms with Crippen molar-refractivity contribution in [1.29, 1.82) is 0 Å². The highest BCUT2D eigenvalue weighted by atomic mass is 32.1. The van der Waals surface area contributed by atoms with Gasteiger partial charge in [-0.1, -0.05) is 29.5 Å². The number of halogens is 1. The van der Waals surface area contributed by atoms with E-state index in [1.165, 1.54) is 41.5 Å². The molecule has 1 aromatic heterocycles. The van der Waals surface area contributed by atoms with Gasteiger partial charge in [-0.2, -0.15) is 0 Å². The summed E-state index contributed by atoms with van der Waals surface area (Å²) < 4.78 is 20.2. The summed E-state index contributed by atoms with van der Waals surface area (Å²) in [5.41, 5.74) is 2.27. The number of aromatic nitrogens is 1. The Hall–Kier alpha value is -4.04. The van der Waals surface area contributed by atoms with Crippen LogP contribution in [-0.4, -0.2) is 28.9 Å². The van der Waals surface area contributed by atoms with Crippen molar-refractivity contribution in [2.24, 2.45) is 0 Å². The van der Waals surface area contributed by atoms with Gasteiger partial charge in [-0.05, 0) is 66.6 Å². The lowest BCUT2D eigenvalue weighted by Gasteiger charge is -2.23. The van der Waals surface area contributed by atoms with E-state index < -0.39 is 23.5 Å². The minimum Gasteiger partial charge on any atom is -0.507 e. The maximum atomic E-state index is 14.2. The number of nitrogens with zero attached hydrogens (tertiary/aromatic N) is 2. The van der Waals surface area contributed by atoms with Gasteiger partial charge in [0.2, 0.25) is 0 Å². The molecule has 0 spiro atoms. The molecule has 8 heteroatoms. The van der Waals surface area contributed by atoms with Crippen LogP contribution in [0.3, 0.4) is 0 Å². The number of aryl methyl sites for hydroxylation is 1. The van der Waals surface area contributed by atoms with Crippen LogP contribution in [0.5, 0.6) is 5.75 Å². The number of fused-ring (bicyclic) bond motifs is 1. The lowest BCUT2D eigenvalue weighted by Crippen LogP contribution is -2.29. The molecule has 0 saturated carbocycles. The van der Waals surface area contributed by atoms with Gasteiger partial charge in [-0.25, -0.2) is 9.37 Å². The molecular weight excluding hydrogens is 455 g/mol. The highest BCUT2D eigenvalue weighted by molar-refractivity contribution is 7.22. The Morgan fingerprint density at radius 1 is 1.09 bits per heavy atom. The van der Waals surface area contributed by atoms with Gasteiger partial charge in [0.05, 0.1) is 28.9 Å². The second-order valence-corrected chi connectivity index (χ2v) is 8.93. The molecule has 1 saturated heterocycles. The first-order valence-corrected chi connectivity index (χ1v) is 11.3. The van der Waals surface area contributed by atoms with Crippen LogP contribution in [0.25, 0.3) is 16.0 Å². The third kappa shape index (κ3) is 3.62. The fourth-order valence-corrected chi connectivity index (χ4v) is 5.14. The summed E-state index contributed by atoms with van der Waals surface area (Å²) in [5, 5.41) is 11.4. The van der Waals surface area contributed by atoms with Gasteiger partial charge in [0.15, 0.2) is 5.13 Å². The fraction of sp³-hybridized carbons (Fsp3) is 0.115. The first kappa shape index (κ1) is 21.8. The van der Waals surface area contributed by atoms with Crippen LogP contribution in [-0.2, 0) is 9.59 Å². The molecule has 1 N–H and O–H groups in total. The standard InChI is InChI=1S/C26H19FN2O4S/c1-14-6-11-19-20(12-14)34-26(28-19)29-22(16-4-3-5-17(27)13-16)21(24(31)25(29)32)23(30)15-7-9-18(33-2)10-8-15/h3-13,22,30H,1-2H3/b23-21+/t22-/m1/s1. The van der Waals surface area contributed by atoms with Crippen molar-refractivity contribution >= 4 is 44.1 Å². The smallest absolute Gasteiger partial charge is 0.301 e.